The number of hydrogen-bond acceptors (Lipinski definition) is 3. The zero-order chi connectivity index (χ0) is 18.9. The van der Waals surface area contributed by atoms with E-state index >= 15 is 0 Å². The average Bonchev–Trinajstić information content (AvgIpc) is 2.37. The predicted octanol–water partition coefficient (Wildman–Crippen LogP) is 4.78. The van der Waals surface area contributed by atoms with Crippen molar-refractivity contribution < 1.29 is 14.3 Å². The fourth-order valence-corrected chi connectivity index (χ4v) is 2.31. The van der Waals surface area contributed by atoms with Gasteiger partial charge in [-0.3, -0.25) is 10.1 Å². The third-order valence-electron chi connectivity index (χ3n) is 3.65. The first-order chi connectivity index (χ1) is 10.7. The molecule has 1 rings (SSSR count). The third kappa shape index (κ3) is 4.95. The molecule has 0 aromatic heterocycles. The summed E-state index contributed by atoms with van der Waals surface area (Å²) in [6.45, 7) is 19.5. The highest BCUT2D eigenvalue weighted by Gasteiger charge is 2.29. The Kier molecular flexibility index (Phi) is 5.65. The van der Waals surface area contributed by atoms with Crippen LogP contribution in [0.25, 0.3) is 0 Å². The summed E-state index contributed by atoms with van der Waals surface area (Å²) in [6, 6.07) is 4.05. The Morgan fingerprint density at radius 3 is 1.75 bits per heavy atom. The van der Waals surface area contributed by atoms with Crippen LogP contribution in [0.3, 0.4) is 0 Å². The van der Waals surface area contributed by atoms with Crippen molar-refractivity contribution in [3.05, 3.63) is 41.0 Å². The van der Waals surface area contributed by atoms with Crippen molar-refractivity contribution >= 4 is 12.0 Å². The summed E-state index contributed by atoms with van der Waals surface area (Å²) in [7, 11) is 0. The molecule has 0 fully saturated rings. The molecule has 1 aromatic carbocycles. The maximum atomic E-state index is 12.2. The lowest BCUT2D eigenvalue weighted by Crippen LogP contribution is -2.34. The van der Waals surface area contributed by atoms with E-state index in [9.17, 15) is 9.59 Å². The largest absolute Gasteiger partial charge is 0.419 e. The molecule has 0 atom stereocenters. The number of rotatable bonds is 2. The van der Waals surface area contributed by atoms with E-state index in [1.807, 2.05) is 19.1 Å². The first-order valence-corrected chi connectivity index (χ1v) is 8.07. The van der Waals surface area contributed by atoms with Crippen molar-refractivity contribution in [2.24, 2.45) is 0 Å². The summed E-state index contributed by atoms with van der Waals surface area (Å²) >= 11 is 0. The van der Waals surface area contributed by atoms with Crippen LogP contribution in [0.4, 0.5) is 4.79 Å². The summed E-state index contributed by atoms with van der Waals surface area (Å²) in [5.74, 6) is -0.0191. The summed E-state index contributed by atoms with van der Waals surface area (Å²) in [5.41, 5.74) is 2.81. The normalized spacial score (nSPS) is 11.8. The molecule has 0 spiro atoms. The van der Waals surface area contributed by atoms with Gasteiger partial charge < -0.3 is 4.74 Å². The molecule has 4 nitrogen and oxygen atoms in total. The Morgan fingerprint density at radius 1 is 1.00 bits per heavy atom. The highest BCUT2D eigenvalue weighted by molar-refractivity contribution is 6.02. The van der Waals surface area contributed by atoms with Gasteiger partial charge >= 0.3 is 6.09 Å². The molecule has 0 aliphatic heterocycles. The van der Waals surface area contributed by atoms with Crippen LogP contribution in [0.2, 0.25) is 0 Å². The average molecular weight is 331 g/mol. The van der Waals surface area contributed by atoms with Crippen LogP contribution in [0.1, 0.15) is 65.2 Å². The van der Waals surface area contributed by atoms with E-state index in [1.54, 1.807) is 0 Å². The zero-order valence-electron chi connectivity index (χ0n) is 16.1. The van der Waals surface area contributed by atoms with Crippen molar-refractivity contribution in [2.45, 2.75) is 66.2 Å². The minimum Gasteiger partial charge on any atom is -0.409 e. The summed E-state index contributed by atoms with van der Waals surface area (Å²) in [5, 5.41) is 2.20. The first-order valence-electron chi connectivity index (χ1n) is 8.07. The smallest absolute Gasteiger partial charge is 0.409 e. The SMILES string of the molecule is C=C(C)C(=O)NC(=O)Oc1c(C(C)(C)C)cc(C)cc1C(C)(C)C. The standard InChI is InChI=1S/C20H29NO3/c1-12(2)17(22)21-18(23)24-16-14(19(4,5)6)10-13(3)11-15(16)20(7,8)9/h10-11H,1H2,2-9H3,(H,21,22,23). The molecule has 2 amide bonds. The molecule has 0 aliphatic rings. The molecule has 0 bridgehead atoms. The molecule has 0 saturated heterocycles. The fourth-order valence-electron chi connectivity index (χ4n) is 2.31. The predicted molar refractivity (Wildman–Crippen MR) is 97.6 cm³/mol. The maximum absolute atomic E-state index is 12.2. The fraction of sp³-hybridized carbons (Fsp3) is 0.500. The number of nitrogens with one attached hydrogen (secondary N) is 1. The van der Waals surface area contributed by atoms with Gasteiger partial charge in [-0.05, 0) is 24.7 Å². The van der Waals surface area contributed by atoms with Crippen LogP contribution >= 0.6 is 0 Å². The van der Waals surface area contributed by atoms with Gasteiger partial charge in [-0.25, -0.2) is 4.79 Å². The van der Waals surface area contributed by atoms with E-state index in [2.05, 4.69) is 53.4 Å². The third-order valence-corrected chi connectivity index (χ3v) is 3.65. The van der Waals surface area contributed by atoms with Gasteiger partial charge in [0.1, 0.15) is 5.75 Å². The van der Waals surface area contributed by atoms with E-state index in [-0.39, 0.29) is 16.4 Å². The molecule has 1 aromatic rings. The number of aryl methyl sites for hydroxylation is 1. The molecule has 4 heteroatoms. The lowest BCUT2D eigenvalue weighted by Gasteiger charge is -2.29. The van der Waals surface area contributed by atoms with Gasteiger partial charge in [0.2, 0.25) is 0 Å². The van der Waals surface area contributed by atoms with E-state index in [1.165, 1.54) is 6.92 Å². The molecule has 1 N–H and O–H groups in total. The number of imide groups is 1. The molecule has 0 unspecified atom stereocenters. The zero-order valence-corrected chi connectivity index (χ0v) is 16.1. The Morgan fingerprint density at radius 2 is 1.42 bits per heavy atom. The second-order valence-corrected chi connectivity index (χ2v) is 8.31. The van der Waals surface area contributed by atoms with E-state index in [0.717, 1.165) is 16.7 Å². The Labute approximate surface area is 145 Å². The lowest BCUT2D eigenvalue weighted by atomic mass is 9.78. The molecule has 0 saturated carbocycles. The van der Waals surface area contributed by atoms with Crippen LogP contribution < -0.4 is 10.1 Å². The van der Waals surface area contributed by atoms with E-state index < -0.39 is 12.0 Å². The topological polar surface area (TPSA) is 55.4 Å². The van der Waals surface area contributed by atoms with Crippen LogP contribution in [0.5, 0.6) is 5.75 Å². The van der Waals surface area contributed by atoms with E-state index in [4.69, 9.17) is 4.74 Å². The molecular weight excluding hydrogens is 302 g/mol. The van der Waals surface area contributed by atoms with Gasteiger partial charge in [0.25, 0.3) is 5.91 Å². The molecule has 0 aliphatic carbocycles. The minimum atomic E-state index is -0.789. The van der Waals surface area contributed by atoms with Crippen LogP contribution in [-0.2, 0) is 15.6 Å². The number of benzene rings is 1. The molecular formula is C20H29NO3. The van der Waals surface area contributed by atoms with Gasteiger partial charge in [0.05, 0.1) is 0 Å². The van der Waals surface area contributed by atoms with E-state index in [0.29, 0.717) is 5.75 Å². The second kappa shape index (κ2) is 6.80. The van der Waals surface area contributed by atoms with Crippen molar-refractivity contribution in [3.8, 4) is 5.75 Å². The van der Waals surface area contributed by atoms with Crippen molar-refractivity contribution in [2.75, 3.05) is 0 Å². The highest BCUT2D eigenvalue weighted by Crippen LogP contribution is 2.40. The number of carbonyl (C=O) groups excluding carboxylic acids is 2. The Bertz CT molecular complexity index is 638. The monoisotopic (exact) mass is 331 g/mol. The highest BCUT2D eigenvalue weighted by atomic mass is 16.6. The van der Waals surface area contributed by atoms with Crippen LogP contribution in [0.15, 0.2) is 24.3 Å². The number of amides is 2. The van der Waals surface area contributed by atoms with Crippen molar-refractivity contribution in [1.29, 1.82) is 0 Å². The second-order valence-electron chi connectivity index (χ2n) is 8.31. The van der Waals surface area contributed by atoms with Gasteiger partial charge in [-0.2, -0.15) is 0 Å². The molecule has 132 valence electrons. The molecule has 0 heterocycles. The first kappa shape index (κ1) is 19.9. The Balaban J connectivity index is 3.40. The van der Waals surface area contributed by atoms with Gasteiger partial charge in [-0.1, -0.05) is 65.8 Å². The lowest BCUT2D eigenvalue weighted by molar-refractivity contribution is -0.116. The quantitative estimate of drug-likeness (QED) is 0.793. The maximum Gasteiger partial charge on any atom is 0.419 e. The summed E-state index contributed by atoms with van der Waals surface area (Å²) in [4.78, 5) is 23.8. The van der Waals surface area contributed by atoms with Crippen molar-refractivity contribution in [3.63, 3.8) is 0 Å². The van der Waals surface area contributed by atoms with Gasteiger partial charge in [0.15, 0.2) is 0 Å². The Hall–Kier alpha value is -2.10. The van der Waals surface area contributed by atoms with Crippen LogP contribution in [-0.4, -0.2) is 12.0 Å². The van der Waals surface area contributed by atoms with Crippen molar-refractivity contribution in [1.82, 2.24) is 5.32 Å². The van der Waals surface area contributed by atoms with Crippen LogP contribution in [0, 0.1) is 6.92 Å². The summed E-state index contributed by atoms with van der Waals surface area (Å²) < 4.78 is 5.59. The molecule has 24 heavy (non-hydrogen) atoms. The summed E-state index contributed by atoms with van der Waals surface area (Å²) in [6.07, 6.45) is -0.789. The van der Waals surface area contributed by atoms with Gasteiger partial charge in [-0.15, -0.1) is 0 Å². The molecule has 0 radical (unpaired) electrons. The number of ether oxygens (including phenoxy) is 1. The number of hydrogen-bond donors (Lipinski definition) is 1. The van der Waals surface area contributed by atoms with Gasteiger partial charge in [0, 0.05) is 16.7 Å². The number of carbonyl (C=O) groups is 2. The minimum absolute atomic E-state index is 0.208.